The Balaban J connectivity index is 1.89. The van der Waals surface area contributed by atoms with Crippen molar-refractivity contribution in [2.24, 2.45) is 5.41 Å². The van der Waals surface area contributed by atoms with Gasteiger partial charge in [0.2, 0.25) is 5.91 Å². The molecule has 1 aromatic heterocycles. The molecule has 5 heteroatoms. The van der Waals surface area contributed by atoms with Crippen molar-refractivity contribution >= 4 is 17.2 Å². The summed E-state index contributed by atoms with van der Waals surface area (Å²) in [4.78, 5) is 16.1. The molecule has 0 spiro atoms. The highest BCUT2D eigenvalue weighted by molar-refractivity contribution is 7.09. The molecular weight excluding hydrogens is 272 g/mol. The molecule has 1 saturated heterocycles. The van der Waals surface area contributed by atoms with Gasteiger partial charge in [-0.05, 0) is 37.8 Å². The standard InChI is InChI=1S/C15H24N2O2S/c1-15(14(18)16-7-9-19-2)6-4-8-17(12-15)11-13-5-3-10-20-13/h3,5,10H,4,6-9,11-12H2,1-2H3,(H,16,18). The van der Waals surface area contributed by atoms with Crippen molar-refractivity contribution in [1.29, 1.82) is 0 Å². The fraction of sp³-hybridized carbons (Fsp3) is 0.667. The second-order valence-electron chi connectivity index (χ2n) is 5.70. The van der Waals surface area contributed by atoms with E-state index in [-0.39, 0.29) is 11.3 Å². The molecule has 4 nitrogen and oxygen atoms in total. The Morgan fingerprint density at radius 1 is 1.60 bits per heavy atom. The highest BCUT2D eigenvalue weighted by Crippen LogP contribution is 2.30. The third-order valence-corrected chi connectivity index (χ3v) is 4.74. The molecule has 0 aromatic carbocycles. The largest absolute Gasteiger partial charge is 0.383 e. The minimum atomic E-state index is -0.275. The SMILES string of the molecule is COCCNC(=O)C1(C)CCCN(Cc2cccs2)C1. The summed E-state index contributed by atoms with van der Waals surface area (Å²) < 4.78 is 4.98. The van der Waals surface area contributed by atoms with E-state index < -0.39 is 0 Å². The molecule has 1 N–H and O–H groups in total. The third-order valence-electron chi connectivity index (χ3n) is 3.87. The Morgan fingerprint density at radius 2 is 2.45 bits per heavy atom. The quantitative estimate of drug-likeness (QED) is 0.818. The number of likely N-dealkylation sites (tertiary alicyclic amines) is 1. The predicted octanol–water partition coefficient (Wildman–Crippen LogP) is 2.11. The number of carbonyl (C=O) groups excluding carboxylic acids is 1. The van der Waals surface area contributed by atoms with Gasteiger partial charge in [0.1, 0.15) is 0 Å². The van der Waals surface area contributed by atoms with Crippen molar-refractivity contribution < 1.29 is 9.53 Å². The van der Waals surface area contributed by atoms with E-state index in [1.807, 2.05) is 0 Å². The molecule has 0 aliphatic carbocycles. The number of thiophene rings is 1. The van der Waals surface area contributed by atoms with Gasteiger partial charge in [0.25, 0.3) is 0 Å². The molecule has 2 heterocycles. The lowest BCUT2D eigenvalue weighted by Crippen LogP contribution is -2.50. The van der Waals surface area contributed by atoms with E-state index in [9.17, 15) is 4.79 Å². The lowest BCUT2D eigenvalue weighted by atomic mass is 9.81. The van der Waals surface area contributed by atoms with Crippen molar-refractivity contribution in [2.75, 3.05) is 33.4 Å². The number of piperidine rings is 1. The van der Waals surface area contributed by atoms with Crippen LogP contribution >= 0.6 is 11.3 Å². The van der Waals surface area contributed by atoms with Crippen LogP contribution in [0.4, 0.5) is 0 Å². The molecule has 0 saturated carbocycles. The van der Waals surface area contributed by atoms with Gasteiger partial charge in [-0.3, -0.25) is 9.69 Å². The average Bonchev–Trinajstić information content (AvgIpc) is 2.92. The Morgan fingerprint density at radius 3 is 3.15 bits per heavy atom. The number of ether oxygens (including phenoxy) is 1. The monoisotopic (exact) mass is 296 g/mol. The first-order valence-electron chi connectivity index (χ1n) is 7.16. The van der Waals surface area contributed by atoms with Gasteiger partial charge in [-0.15, -0.1) is 11.3 Å². The second kappa shape index (κ2) is 7.20. The number of amides is 1. The fourth-order valence-corrected chi connectivity index (χ4v) is 3.51. The molecule has 1 unspecified atom stereocenters. The lowest BCUT2D eigenvalue weighted by Gasteiger charge is -2.39. The Hall–Kier alpha value is -0.910. The van der Waals surface area contributed by atoms with Gasteiger partial charge in [0.05, 0.1) is 12.0 Å². The molecule has 112 valence electrons. The molecule has 0 bridgehead atoms. The highest BCUT2D eigenvalue weighted by atomic mass is 32.1. The van der Waals surface area contributed by atoms with Crippen molar-refractivity contribution in [2.45, 2.75) is 26.3 Å². The summed E-state index contributed by atoms with van der Waals surface area (Å²) in [7, 11) is 1.65. The first-order valence-corrected chi connectivity index (χ1v) is 8.04. The van der Waals surface area contributed by atoms with E-state index >= 15 is 0 Å². The number of hydrogen-bond acceptors (Lipinski definition) is 4. The third kappa shape index (κ3) is 4.04. The Bertz CT molecular complexity index is 422. The molecule has 20 heavy (non-hydrogen) atoms. The van der Waals surface area contributed by atoms with Gasteiger partial charge in [0, 0.05) is 31.6 Å². The van der Waals surface area contributed by atoms with E-state index in [1.54, 1.807) is 18.4 Å². The van der Waals surface area contributed by atoms with E-state index in [4.69, 9.17) is 4.74 Å². The number of hydrogen-bond donors (Lipinski definition) is 1. The molecule has 0 radical (unpaired) electrons. The first kappa shape index (κ1) is 15.5. The van der Waals surface area contributed by atoms with Crippen molar-refractivity contribution in [1.82, 2.24) is 10.2 Å². The van der Waals surface area contributed by atoms with Crippen LogP contribution in [0.3, 0.4) is 0 Å². The smallest absolute Gasteiger partial charge is 0.227 e. The van der Waals surface area contributed by atoms with Crippen molar-refractivity contribution in [3.63, 3.8) is 0 Å². The number of nitrogens with zero attached hydrogens (tertiary/aromatic N) is 1. The molecular formula is C15H24N2O2S. The van der Waals surface area contributed by atoms with Crippen molar-refractivity contribution in [3.8, 4) is 0 Å². The molecule has 1 fully saturated rings. The fourth-order valence-electron chi connectivity index (χ4n) is 2.77. The van der Waals surface area contributed by atoms with E-state index in [0.29, 0.717) is 13.2 Å². The van der Waals surface area contributed by atoms with Gasteiger partial charge >= 0.3 is 0 Å². The normalized spacial score (nSPS) is 23.7. The molecule has 1 aliphatic rings. The van der Waals surface area contributed by atoms with Crippen LogP contribution in [0.5, 0.6) is 0 Å². The number of rotatable bonds is 6. The van der Waals surface area contributed by atoms with E-state index in [2.05, 4.69) is 34.7 Å². The van der Waals surface area contributed by atoms with Crippen LogP contribution in [0.15, 0.2) is 17.5 Å². The van der Waals surface area contributed by atoms with Crippen LogP contribution < -0.4 is 5.32 Å². The highest BCUT2D eigenvalue weighted by Gasteiger charge is 2.37. The molecule has 1 amide bonds. The minimum Gasteiger partial charge on any atom is -0.383 e. The molecule has 1 aromatic rings. The van der Waals surface area contributed by atoms with Crippen molar-refractivity contribution in [3.05, 3.63) is 22.4 Å². The van der Waals surface area contributed by atoms with Crippen LogP contribution in [0.2, 0.25) is 0 Å². The molecule has 1 atom stereocenters. The predicted molar refractivity (Wildman–Crippen MR) is 81.8 cm³/mol. The summed E-state index contributed by atoms with van der Waals surface area (Å²) in [5.74, 6) is 0.158. The number of nitrogens with one attached hydrogen (secondary N) is 1. The zero-order chi connectivity index (χ0) is 14.4. The van der Waals surface area contributed by atoms with Crippen LogP contribution in [0.1, 0.15) is 24.6 Å². The summed E-state index contributed by atoms with van der Waals surface area (Å²) >= 11 is 1.78. The van der Waals surface area contributed by atoms with Crippen LogP contribution in [-0.2, 0) is 16.1 Å². The Kier molecular flexibility index (Phi) is 5.57. The summed E-state index contributed by atoms with van der Waals surface area (Å²) in [6.45, 7) is 6.12. The van der Waals surface area contributed by atoms with Gasteiger partial charge < -0.3 is 10.1 Å². The molecule has 1 aliphatic heterocycles. The second-order valence-corrected chi connectivity index (χ2v) is 6.74. The van der Waals surface area contributed by atoms with E-state index in [0.717, 1.165) is 32.5 Å². The van der Waals surface area contributed by atoms with Crippen LogP contribution in [0.25, 0.3) is 0 Å². The summed E-state index contributed by atoms with van der Waals surface area (Å²) in [5.41, 5.74) is -0.275. The zero-order valence-electron chi connectivity index (χ0n) is 12.4. The minimum absolute atomic E-state index is 0.158. The maximum atomic E-state index is 12.4. The van der Waals surface area contributed by atoms with Gasteiger partial charge in [-0.1, -0.05) is 6.07 Å². The van der Waals surface area contributed by atoms with Crippen LogP contribution in [-0.4, -0.2) is 44.2 Å². The maximum absolute atomic E-state index is 12.4. The average molecular weight is 296 g/mol. The summed E-state index contributed by atoms with van der Waals surface area (Å²) in [5, 5.41) is 5.09. The number of methoxy groups -OCH3 is 1. The van der Waals surface area contributed by atoms with Gasteiger partial charge in [-0.2, -0.15) is 0 Å². The topological polar surface area (TPSA) is 41.6 Å². The van der Waals surface area contributed by atoms with Gasteiger partial charge in [0.15, 0.2) is 0 Å². The first-order chi connectivity index (χ1) is 9.64. The van der Waals surface area contributed by atoms with Crippen LogP contribution in [0, 0.1) is 5.41 Å². The van der Waals surface area contributed by atoms with E-state index in [1.165, 1.54) is 4.88 Å². The maximum Gasteiger partial charge on any atom is 0.227 e. The zero-order valence-corrected chi connectivity index (χ0v) is 13.2. The number of carbonyl (C=O) groups is 1. The van der Waals surface area contributed by atoms with Gasteiger partial charge in [-0.25, -0.2) is 0 Å². The lowest BCUT2D eigenvalue weighted by molar-refractivity contribution is -0.133. The summed E-state index contributed by atoms with van der Waals surface area (Å²) in [6, 6.07) is 4.25. The Labute approximate surface area is 125 Å². The summed E-state index contributed by atoms with van der Waals surface area (Å²) in [6.07, 6.45) is 2.05. The molecule has 2 rings (SSSR count).